The molecular formula is C20H23F2N5O3. The van der Waals surface area contributed by atoms with Crippen molar-refractivity contribution in [2.24, 2.45) is 12.0 Å². The number of nitrogens with zero attached hydrogens (tertiary/aromatic N) is 4. The highest BCUT2D eigenvalue weighted by atomic mass is 19.3. The van der Waals surface area contributed by atoms with Crippen molar-refractivity contribution in [1.82, 2.24) is 20.0 Å². The van der Waals surface area contributed by atoms with Crippen LogP contribution in [0.2, 0.25) is 0 Å². The Morgan fingerprint density at radius 2 is 2.07 bits per heavy atom. The monoisotopic (exact) mass is 419 g/mol. The van der Waals surface area contributed by atoms with Gasteiger partial charge in [-0.3, -0.25) is 10.00 Å². The third-order valence-corrected chi connectivity index (χ3v) is 5.64. The zero-order chi connectivity index (χ0) is 21.5. The molecule has 1 aromatic carbocycles. The molecule has 1 saturated heterocycles. The number of rotatable bonds is 3. The van der Waals surface area contributed by atoms with Gasteiger partial charge in [-0.05, 0) is 25.0 Å². The lowest BCUT2D eigenvalue weighted by molar-refractivity contribution is -0.122. The average Bonchev–Trinajstić information content (AvgIpc) is 3.33. The van der Waals surface area contributed by atoms with Gasteiger partial charge in [-0.1, -0.05) is 0 Å². The van der Waals surface area contributed by atoms with E-state index in [0.29, 0.717) is 23.7 Å². The van der Waals surface area contributed by atoms with Crippen molar-refractivity contribution in [2.75, 3.05) is 20.2 Å². The predicted molar refractivity (Wildman–Crippen MR) is 106 cm³/mol. The highest BCUT2D eigenvalue weighted by Gasteiger charge is 2.41. The molecule has 4 rings (SSSR count). The third-order valence-electron chi connectivity index (χ3n) is 5.64. The molecule has 0 atom stereocenters. The molecule has 0 radical (unpaired) electrons. The number of aliphatic imine (C=N–C) groups is 1. The van der Waals surface area contributed by atoms with Crippen LogP contribution in [0.15, 0.2) is 29.5 Å². The molecule has 2 aliphatic rings. The maximum Gasteiger partial charge on any atom is 0.322 e. The predicted octanol–water partition coefficient (Wildman–Crippen LogP) is 2.48. The van der Waals surface area contributed by atoms with Gasteiger partial charge in [-0.15, -0.1) is 0 Å². The minimum Gasteiger partial charge on any atom is -0.496 e. The van der Waals surface area contributed by atoms with Gasteiger partial charge in [-0.25, -0.2) is 18.6 Å². The number of amides is 2. The van der Waals surface area contributed by atoms with Crippen LogP contribution in [-0.4, -0.2) is 63.9 Å². The Morgan fingerprint density at radius 1 is 1.33 bits per heavy atom. The summed E-state index contributed by atoms with van der Waals surface area (Å²) in [4.78, 5) is 18.6. The van der Waals surface area contributed by atoms with Crippen LogP contribution < -0.4 is 10.1 Å². The van der Waals surface area contributed by atoms with E-state index >= 15 is 0 Å². The first kappa shape index (κ1) is 20.3. The molecule has 0 spiro atoms. The van der Waals surface area contributed by atoms with Crippen molar-refractivity contribution in [3.63, 3.8) is 0 Å². The van der Waals surface area contributed by atoms with Gasteiger partial charge in [0.1, 0.15) is 17.2 Å². The normalized spacial score (nSPS) is 17.7. The molecule has 8 nitrogen and oxygen atoms in total. The lowest BCUT2D eigenvalue weighted by Crippen LogP contribution is -2.53. The van der Waals surface area contributed by atoms with E-state index < -0.39 is 18.1 Å². The second-order valence-electron chi connectivity index (χ2n) is 7.60. The molecule has 2 aliphatic heterocycles. The Hall–Kier alpha value is -3.01. The molecule has 1 fully saturated rings. The topological polar surface area (TPSA) is 92.0 Å². The molecular weight excluding hydrogens is 396 g/mol. The number of halogens is 2. The second-order valence-corrected chi connectivity index (χ2v) is 7.60. The number of hydrogen-bond acceptors (Lipinski definition) is 5. The van der Waals surface area contributed by atoms with Gasteiger partial charge in [0.15, 0.2) is 0 Å². The fourth-order valence-electron chi connectivity index (χ4n) is 3.83. The summed E-state index contributed by atoms with van der Waals surface area (Å²) in [6.45, 7) is 0.105. The Bertz CT molecular complexity index is 996. The summed E-state index contributed by atoms with van der Waals surface area (Å²) in [5, 5.41) is 16.9. The number of aryl methyl sites for hydroxylation is 1. The first-order chi connectivity index (χ1) is 14.3. The Labute approximate surface area is 172 Å². The molecule has 10 heteroatoms. The van der Waals surface area contributed by atoms with Crippen molar-refractivity contribution in [1.29, 1.82) is 0 Å². The van der Waals surface area contributed by atoms with Crippen LogP contribution in [0.5, 0.6) is 5.75 Å². The molecule has 160 valence electrons. The molecule has 0 saturated carbocycles. The first-order valence-corrected chi connectivity index (χ1v) is 9.63. The van der Waals surface area contributed by atoms with Crippen LogP contribution in [0.3, 0.4) is 0 Å². The number of aliphatic hydroxyl groups is 1. The van der Waals surface area contributed by atoms with E-state index in [2.05, 4.69) is 15.4 Å². The number of piperidine rings is 1. The lowest BCUT2D eigenvalue weighted by Gasteiger charge is -2.37. The summed E-state index contributed by atoms with van der Waals surface area (Å²) in [7, 11) is 3.41. The number of fused-ring (bicyclic) bond motifs is 1. The number of carbonyl (C=O) groups excluding carboxylic acids is 1. The van der Waals surface area contributed by atoms with E-state index in [1.165, 1.54) is 4.90 Å². The number of urea groups is 1. The van der Waals surface area contributed by atoms with Crippen LogP contribution in [0.1, 0.15) is 18.4 Å². The maximum absolute atomic E-state index is 13.0. The largest absolute Gasteiger partial charge is 0.496 e. The minimum absolute atomic E-state index is 0.0527. The van der Waals surface area contributed by atoms with Gasteiger partial charge >= 0.3 is 6.03 Å². The van der Waals surface area contributed by atoms with Crippen molar-refractivity contribution in [3.05, 3.63) is 30.1 Å². The van der Waals surface area contributed by atoms with Crippen molar-refractivity contribution < 1.29 is 23.4 Å². The van der Waals surface area contributed by atoms with E-state index in [4.69, 9.17) is 4.74 Å². The fourth-order valence-corrected chi connectivity index (χ4v) is 3.83. The number of aromatic nitrogens is 2. The molecule has 2 N–H and O–H groups in total. The zero-order valence-electron chi connectivity index (χ0n) is 16.7. The third kappa shape index (κ3) is 3.62. The van der Waals surface area contributed by atoms with E-state index in [1.54, 1.807) is 18.0 Å². The number of amidine groups is 1. The highest BCUT2D eigenvalue weighted by Crippen LogP contribution is 2.42. The molecule has 2 aromatic rings. The maximum atomic E-state index is 13.0. The molecule has 0 unspecified atom stereocenters. The summed E-state index contributed by atoms with van der Waals surface area (Å²) in [6, 6.07) is 3.34. The molecule has 2 amide bonds. The summed E-state index contributed by atoms with van der Waals surface area (Å²) < 4.78 is 33.1. The quantitative estimate of drug-likeness (QED) is 0.800. The summed E-state index contributed by atoms with van der Waals surface area (Å²) in [5.74, 6) is 1.13. The number of hydrogen-bond donors (Lipinski definition) is 2. The summed E-state index contributed by atoms with van der Waals surface area (Å²) in [6.07, 6.45) is 0.855. The number of alkyl halides is 2. The number of nitrogens with one attached hydrogen (secondary N) is 1. The summed E-state index contributed by atoms with van der Waals surface area (Å²) in [5.41, 5.74) is 1.32. The van der Waals surface area contributed by atoms with Crippen LogP contribution in [0, 0.1) is 0 Å². The van der Waals surface area contributed by atoms with Gasteiger partial charge < -0.3 is 14.7 Å². The van der Waals surface area contributed by atoms with Gasteiger partial charge in [0.05, 0.1) is 19.0 Å². The second kappa shape index (κ2) is 7.67. The van der Waals surface area contributed by atoms with Crippen LogP contribution in [0.25, 0.3) is 11.1 Å². The van der Waals surface area contributed by atoms with Gasteiger partial charge in [0.25, 0.3) is 6.43 Å². The van der Waals surface area contributed by atoms with Crippen LogP contribution in [-0.2, 0) is 13.5 Å². The molecule has 0 aliphatic carbocycles. The minimum atomic E-state index is -2.82. The lowest BCUT2D eigenvalue weighted by atomic mass is 9.92. The number of likely N-dealkylation sites (tertiary alicyclic amines) is 1. The van der Waals surface area contributed by atoms with Crippen LogP contribution in [0.4, 0.5) is 19.3 Å². The van der Waals surface area contributed by atoms with Gasteiger partial charge in [0, 0.05) is 49.4 Å². The first-order valence-electron chi connectivity index (χ1n) is 9.63. The molecule has 0 bridgehead atoms. The van der Waals surface area contributed by atoms with E-state index in [-0.39, 0.29) is 25.9 Å². The van der Waals surface area contributed by atoms with Gasteiger partial charge in [-0.2, -0.15) is 5.10 Å². The highest BCUT2D eigenvalue weighted by molar-refractivity contribution is 6.04. The molecule has 30 heavy (non-hydrogen) atoms. The number of benzene rings is 1. The van der Waals surface area contributed by atoms with Crippen molar-refractivity contribution in [3.8, 4) is 16.9 Å². The molecule has 1 aromatic heterocycles. The zero-order valence-corrected chi connectivity index (χ0v) is 16.7. The smallest absolute Gasteiger partial charge is 0.322 e. The molecule has 3 heterocycles. The van der Waals surface area contributed by atoms with E-state index in [1.807, 2.05) is 25.4 Å². The Morgan fingerprint density at radius 3 is 2.67 bits per heavy atom. The van der Waals surface area contributed by atoms with Gasteiger partial charge in [0.2, 0.25) is 0 Å². The fraction of sp³-hybridized carbons (Fsp3) is 0.450. The number of carbonyl (C=O) groups is 1. The van der Waals surface area contributed by atoms with Crippen LogP contribution >= 0.6 is 0 Å². The summed E-state index contributed by atoms with van der Waals surface area (Å²) >= 11 is 0. The van der Waals surface area contributed by atoms with Crippen molar-refractivity contribution in [2.45, 2.75) is 31.3 Å². The Kier molecular flexibility index (Phi) is 5.19. The SMILES string of the molecule is COc1ccc(-c2cnn(C)c2)c2c1CC(NC(=O)N1CCC(O)(C(F)F)CC1)=N2. The number of methoxy groups -OCH3 is 1. The standard InChI is InChI=1S/C20H23F2N5O3/c1-26-11-12(10-23-26)13-3-4-15(30-2)14-9-16(24-17(13)14)25-19(28)27-7-5-20(29,6-8-27)18(21)22/h3-4,10-11,18,29H,5-9H2,1-2H3,(H,24,25,28). The van der Waals surface area contributed by atoms with E-state index in [0.717, 1.165) is 16.7 Å². The van der Waals surface area contributed by atoms with Crippen molar-refractivity contribution >= 4 is 17.6 Å². The number of ether oxygens (including phenoxy) is 1. The average molecular weight is 419 g/mol. The Balaban J connectivity index is 1.51. The van der Waals surface area contributed by atoms with E-state index in [9.17, 15) is 18.7 Å².